The molecular weight excluding hydrogens is 252 g/mol. The first kappa shape index (κ1) is 15.7. The molecule has 2 aliphatic rings. The van der Waals surface area contributed by atoms with Crippen LogP contribution < -0.4 is 10.6 Å². The molecule has 0 aromatic carbocycles. The van der Waals surface area contributed by atoms with Crippen LogP contribution in [0.25, 0.3) is 0 Å². The van der Waals surface area contributed by atoms with E-state index in [1.54, 1.807) is 0 Å². The van der Waals surface area contributed by atoms with Crippen LogP contribution in [0, 0.1) is 0 Å². The molecule has 1 amide bonds. The van der Waals surface area contributed by atoms with Gasteiger partial charge in [-0.15, -0.1) is 0 Å². The second-order valence-electron chi connectivity index (χ2n) is 6.26. The Kier molecular flexibility index (Phi) is 5.81. The van der Waals surface area contributed by atoms with Gasteiger partial charge in [-0.2, -0.15) is 0 Å². The Morgan fingerprint density at radius 3 is 2.65 bits per heavy atom. The van der Waals surface area contributed by atoms with E-state index in [4.69, 9.17) is 0 Å². The van der Waals surface area contributed by atoms with Crippen LogP contribution in [0.4, 0.5) is 0 Å². The maximum absolute atomic E-state index is 12.5. The van der Waals surface area contributed by atoms with Gasteiger partial charge in [0.05, 0.1) is 5.54 Å². The summed E-state index contributed by atoms with van der Waals surface area (Å²) < 4.78 is 0. The smallest absolute Gasteiger partial charge is 0.240 e. The second-order valence-corrected chi connectivity index (χ2v) is 6.26. The molecule has 20 heavy (non-hydrogen) atoms. The molecule has 0 saturated carbocycles. The Labute approximate surface area is 123 Å². The summed E-state index contributed by atoms with van der Waals surface area (Å²) in [6, 6.07) is 0. The maximum atomic E-state index is 12.5. The number of amides is 1. The van der Waals surface area contributed by atoms with Gasteiger partial charge in [-0.1, -0.05) is 13.3 Å². The lowest BCUT2D eigenvalue weighted by atomic mass is 9.91. The molecular formula is C15H30N4O. The van der Waals surface area contributed by atoms with Crippen molar-refractivity contribution in [2.24, 2.45) is 0 Å². The fourth-order valence-corrected chi connectivity index (χ4v) is 3.32. The van der Waals surface area contributed by atoms with Gasteiger partial charge >= 0.3 is 0 Å². The largest absolute Gasteiger partial charge is 0.353 e. The van der Waals surface area contributed by atoms with Gasteiger partial charge in [0.15, 0.2) is 0 Å². The zero-order valence-corrected chi connectivity index (χ0v) is 13.1. The third kappa shape index (κ3) is 3.93. The van der Waals surface area contributed by atoms with Crippen molar-refractivity contribution in [3.05, 3.63) is 0 Å². The first-order valence-corrected chi connectivity index (χ1v) is 8.10. The van der Waals surface area contributed by atoms with Crippen molar-refractivity contribution in [3.8, 4) is 0 Å². The molecule has 2 N–H and O–H groups in total. The number of carbonyl (C=O) groups excluding carboxylic acids is 1. The predicted molar refractivity (Wildman–Crippen MR) is 81.8 cm³/mol. The number of hydrogen-bond acceptors (Lipinski definition) is 4. The third-order valence-corrected chi connectivity index (χ3v) is 4.66. The third-order valence-electron chi connectivity index (χ3n) is 4.66. The molecule has 1 unspecified atom stereocenters. The molecule has 0 aromatic heterocycles. The van der Waals surface area contributed by atoms with Crippen molar-refractivity contribution in [1.29, 1.82) is 0 Å². The Morgan fingerprint density at radius 1 is 1.30 bits per heavy atom. The van der Waals surface area contributed by atoms with Gasteiger partial charge in [0.2, 0.25) is 5.91 Å². The molecule has 116 valence electrons. The molecule has 5 nitrogen and oxygen atoms in total. The van der Waals surface area contributed by atoms with Crippen LogP contribution >= 0.6 is 0 Å². The Hall–Kier alpha value is -0.650. The van der Waals surface area contributed by atoms with Crippen molar-refractivity contribution in [2.45, 2.75) is 38.1 Å². The number of nitrogens with one attached hydrogen (secondary N) is 2. The van der Waals surface area contributed by atoms with Crippen LogP contribution in [0.15, 0.2) is 0 Å². The summed E-state index contributed by atoms with van der Waals surface area (Å²) in [4.78, 5) is 17.2. The van der Waals surface area contributed by atoms with Crippen molar-refractivity contribution >= 4 is 5.91 Å². The molecule has 2 aliphatic heterocycles. The summed E-state index contributed by atoms with van der Waals surface area (Å²) in [5, 5.41) is 6.58. The summed E-state index contributed by atoms with van der Waals surface area (Å²) in [6.45, 7) is 9.38. The molecule has 0 aliphatic carbocycles. The number of rotatable bonds is 6. The summed E-state index contributed by atoms with van der Waals surface area (Å²) in [5.41, 5.74) is -0.281. The number of nitrogens with zero attached hydrogens (tertiary/aromatic N) is 2. The van der Waals surface area contributed by atoms with Crippen molar-refractivity contribution in [3.63, 3.8) is 0 Å². The van der Waals surface area contributed by atoms with E-state index < -0.39 is 0 Å². The summed E-state index contributed by atoms with van der Waals surface area (Å²) in [7, 11) is 2.17. The van der Waals surface area contributed by atoms with Crippen LogP contribution in [0.1, 0.15) is 32.6 Å². The van der Waals surface area contributed by atoms with Gasteiger partial charge in [0.25, 0.3) is 0 Å². The van der Waals surface area contributed by atoms with Crippen molar-refractivity contribution in [1.82, 2.24) is 20.4 Å². The minimum atomic E-state index is -0.281. The molecule has 2 rings (SSSR count). The number of piperazine rings is 1. The van der Waals surface area contributed by atoms with E-state index in [2.05, 4.69) is 34.4 Å². The number of likely N-dealkylation sites (N-methyl/N-ethyl adjacent to an activating group) is 1. The first-order valence-electron chi connectivity index (χ1n) is 8.10. The fourth-order valence-electron chi connectivity index (χ4n) is 3.32. The van der Waals surface area contributed by atoms with Gasteiger partial charge in [-0.3, -0.25) is 9.69 Å². The minimum Gasteiger partial charge on any atom is -0.353 e. The van der Waals surface area contributed by atoms with Crippen LogP contribution in [0.3, 0.4) is 0 Å². The average molecular weight is 282 g/mol. The highest BCUT2D eigenvalue weighted by atomic mass is 16.2. The van der Waals surface area contributed by atoms with E-state index >= 15 is 0 Å². The standard InChI is InChI=1S/C15H30N4O/c1-3-5-15(6-4-7-17-15)14(20)16-8-9-19-12-10-18(2)11-13-19/h17H,3-13H2,1-2H3,(H,16,20). The first-order chi connectivity index (χ1) is 9.66. The quantitative estimate of drug-likeness (QED) is 0.734. The molecule has 0 spiro atoms. The Balaban J connectivity index is 1.71. The molecule has 2 fully saturated rings. The van der Waals surface area contributed by atoms with E-state index in [-0.39, 0.29) is 11.4 Å². The SMILES string of the molecule is CCCC1(C(=O)NCCN2CCN(C)CC2)CCCN1. The van der Waals surface area contributed by atoms with Crippen LogP contribution in [0.2, 0.25) is 0 Å². The number of hydrogen-bond donors (Lipinski definition) is 2. The fraction of sp³-hybridized carbons (Fsp3) is 0.933. The van der Waals surface area contributed by atoms with Gasteiger partial charge in [-0.05, 0) is 32.9 Å². The van der Waals surface area contributed by atoms with Gasteiger partial charge in [-0.25, -0.2) is 0 Å². The minimum absolute atomic E-state index is 0.214. The lowest BCUT2D eigenvalue weighted by Gasteiger charge is -2.33. The van der Waals surface area contributed by atoms with Crippen LogP contribution in [0.5, 0.6) is 0 Å². The van der Waals surface area contributed by atoms with E-state index in [0.29, 0.717) is 0 Å². The lowest BCUT2D eigenvalue weighted by Crippen LogP contribution is -2.55. The normalized spacial score (nSPS) is 28.7. The molecule has 1 atom stereocenters. The molecule has 0 radical (unpaired) electrons. The monoisotopic (exact) mass is 282 g/mol. The Bertz CT molecular complexity index is 307. The van der Waals surface area contributed by atoms with Crippen LogP contribution in [-0.2, 0) is 4.79 Å². The van der Waals surface area contributed by atoms with Gasteiger partial charge < -0.3 is 15.5 Å². The summed E-state index contributed by atoms with van der Waals surface area (Å²) >= 11 is 0. The van der Waals surface area contributed by atoms with E-state index in [1.807, 2.05) is 0 Å². The lowest BCUT2D eigenvalue weighted by molar-refractivity contribution is -0.127. The van der Waals surface area contributed by atoms with Crippen LogP contribution in [-0.4, -0.2) is 74.1 Å². The molecule has 0 aromatic rings. The Morgan fingerprint density at radius 2 is 2.05 bits per heavy atom. The zero-order valence-electron chi connectivity index (χ0n) is 13.1. The van der Waals surface area contributed by atoms with Gasteiger partial charge in [0.1, 0.15) is 0 Å². The van der Waals surface area contributed by atoms with Crippen molar-refractivity contribution in [2.75, 3.05) is 52.9 Å². The molecule has 2 saturated heterocycles. The molecule has 2 heterocycles. The topological polar surface area (TPSA) is 47.6 Å². The highest BCUT2D eigenvalue weighted by molar-refractivity contribution is 5.86. The summed E-state index contributed by atoms with van der Waals surface area (Å²) in [6.07, 6.45) is 4.11. The zero-order chi connectivity index (χ0) is 14.4. The summed E-state index contributed by atoms with van der Waals surface area (Å²) in [5.74, 6) is 0.214. The highest BCUT2D eigenvalue weighted by Crippen LogP contribution is 2.24. The van der Waals surface area contributed by atoms with Gasteiger partial charge in [0, 0.05) is 39.3 Å². The predicted octanol–water partition coefficient (Wildman–Crippen LogP) is 0.272. The highest BCUT2D eigenvalue weighted by Gasteiger charge is 2.39. The molecule has 5 heteroatoms. The average Bonchev–Trinajstić information content (AvgIpc) is 2.91. The van der Waals surface area contributed by atoms with E-state index in [9.17, 15) is 4.79 Å². The van der Waals surface area contributed by atoms with E-state index in [0.717, 1.165) is 71.5 Å². The number of carbonyl (C=O) groups is 1. The van der Waals surface area contributed by atoms with E-state index in [1.165, 1.54) is 0 Å². The van der Waals surface area contributed by atoms with Crippen molar-refractivity contribution < 1.29 is 4.79 Å². The maximum Gasteiger partial charge on any atom is 0.240 e. The second kappa shape index (κ2) is 7.38. The molecule has 0 bridgehead atoms.